The van der Waals surface area contributed by atoms with Crippen LogP contribution in [0.1, 0.15) is 29.0 Å². The molecule has 2 aromatic rings. The van der Waals surface area contributed by atoms with Crippen molar-refractivity contribution in [3.05, 3.63) is 53.9 Å². The Balaban J connectivity index is 1.72. The van der Waals surface area contributed by atoms with Crippen LogP contribution in [0.5, 0.6) is 5.75 Å². The van der Waals surface area contributed by atoms with Gasteiger partial charge in [0.05, 0.1) is 6.04 Å². The molecule has 3 rings (SSSR count). The quantitative estimate of drug-likeness (QED) is 0.930. The van der Waals surface area contributed by atoms with Crippen molar-refractivity contribution < 1.29 is 14.3 Å². The first-order chi connectivity index (χ1) is 11.1. The molecule has 0 saturated heterocycles. The van der Waals surface area contributed by atoms with E-state index in [0.717, 1.165) is 12.2 Å². The molecule has 1 aliphatic rings. The summed E-state index contributed by atoms with van der Waals surface area (Å²) in [7, 11) is 0. The molecule has 0 bridgehead atoms. The van der Waals surface area contributed by atoms with Gasteiger partial charge in [-0.1, -0.05) is 0 Å². The highest BCUT2D eigenvalue weighted by atomic mass is 16.5. The van der Waals surface area contributed by atoms with Crippen LogP contribution in [0.3, 0.4) is 0 Å². The molecule has 6 heteroatoms. The number of hydrogen-bond acceptors (Lipinski definition) is 3. The molecule has 2 heterocycles. The van der Waals surface area contributed by atoms with Gasteiger partial charge in [0.25, 0.3) is 11.8 Å². The molecule has 120 valence electrons. The number of ether oxygens (including phenoxy) is 1. The summed E-state index contributed by atoms with van der Waals surface area (Å²) in [5, 5.41) is 0. The molecular weight excluding hydrogens is 294 g/mol. The van der Waals surface area contributed by atoms with E-state index in [1.54, 1.807) is 24.3 Å². The van der Waals surface area contributed by atoms with Crippen LogP contribution in [-0.2, 0) is 11.3 Å². The summed E-state index contributed by atoms with van der Waals surface area (Å²) in [6.45, 7) is 3.35. The molecule has 0 aliphatic carbocycles. The van der Waals surface area contributed by atoms with Gasteiger partial charge in [-0.15, -0.1) is 0 Å². The van der Waals surface area contributed by atoms with E-state index in [1.807, 2.05) is 30.2 Å². The summed E-state index contributed by atoms with van der Waals surface area (Å²) in [5.74, 6) is -0.0254. The minimum atomic E-state index is -0.532. The second-order valence-electron chi connectivity index (χ2n) is 5.58. The third-order valence-electron chi connectivity index (χ3n) is 4.09. The van der Waals surface area contributed by atoms with Crippen LogP contribution in [0, 0.1) is 0 Å². The van der Waals surface area contributed by atoms with E-state index >= 15 is 0 Å². The average Bonchev–Trinajstić information content (AvgIpc) is 3.03. The van der Waals surface area contributed by atoms with Crippen molar-refractivity contribution >= 4 is 11.8 Å². The van der Waals surface area contributed by atoms with Gasteiger partial charge in [-0.05, 0) is 43.3 Å². The molecule has 1 aromatic heterocycles. The normalized spacial score (nSPS) is 16.7. The maximum Gasteiger partial charge on any atom is 0.255 e. The predicted molar refractivity (Wildman–Crippen MR) is 85.0 cm³/mol. The lowest BCUT2D eigenvalue weighted by atomic mass is 10.1. The zero-order valence-electron chi connectivity index (χ0n) is 12.9. The lowest BCUT2D eigenvalue weighted by molar-refractivity contribution is -0.119. The number of carbonyl (C=O) groups excluding carboxylic acids is 2. The molecule has 23 heavy (non-hydrogen) atoms. The van der Waals surface area contributed by atoms with Crippen molar-refractivity contribution in [2.45, 2.75) is 19.5 Å². The first-order valence-corrected chi connectivity index (χ1v) is 7.53. The summed E-state index contributed by atoms with van der Waals surface area (Å²) in [4.78, 5) is 25.3. The van der Waals surface area contributed by atoms with Gasteiger partial charge in [0.1, 0.15) is 5.75 Å². The van der Waals surface area contributed by atoms with Gasteiger partial charge in [0.15, 0.2) is 6.61 Å². The fourth-order valence-electron chi connectivity index (χ4n) is 2.87. The third kappa shape index (κ3) is 3.06. The Kier molecular flexibility index (Phi) is 4.06. The van der Waals surface area contributed by atoms with Crippen LogP contribution in [0.4, 0.5) is 0 Å². The van der Waals surface area contributed by atoms with Gasteiger partial charge in [-0.25, -0.2) is 0 Å². The number of rotatable bonds is 4. The highest BCUT2D eigenvalue weighted by Crippen LogP contribution is 2.27. The zero-order chi connectivity index (χ0) is 16.4. The molecule has 2 amide bonds. The van der Waals surface area contributed by atoms with E-state index in [-0.39, 0.29) is 18.6 Å². The molecule has 0 fully saturated rings. The van der Waals surface area contributed by atoms with Gasteiger partial charge >= 0.3 is 0 Å². The van der Waals surface area contributed by atoms with Gasteiger partial charge < -0.3 is 19.9 Å². The second-order valence-corrected chi connectivity index (χ2v) is 5.58. The smallest absolute Gasteiger partial charge is 0.255 e. The molecule has 1 aliphatic heterocycles. The summed E-state index contributed by atoms with van der Waals surface area (Å²) >= 11 is 0. The first kappa shape index (κ1) is 15.1. The van der Waals surface area contributed by atoms with Crippen molar-refractivity contribution in [1.29, 1.82) is 0 Å². The number of amides is 2. The van der Waals surface area contributed by atoms with Gasteiger partial charge in [-0.2, -0.15) is 0 Å². The molecule has 0 radical (unpaired) electrons. The molecular formula is C17H19N3O3. The number of hydrogen-bond donors (Lipinski definition) is 1. The number of benzene rings is 1. The van der Waals surface area contributed by atoms with E-state index in [0.29, 0.717) is 17.9 Å². The van der Waals surface area contributed by atoms with Crippen LogP contribution < -0.4 is 10.5 Å². The highest BCUT2D eigenvalue weighted by molar-refractivity contribution is 5.94. The zero-order valence-corrected chi connectivity index (χ0v) is 12.9. The van der Waals surface area contributed by atoms with Crippen LogP contribution in [0.25, 0.3) is 0 Å². The topological polar surface area (TPSA) is 77.6 Å². The van der Waals surface area contributed by atoms with Crippen molar-refractivity contribution in [2.75, 3.05) is 13.2 Å². The molecule has 1 aromatic carbocycles. The summed E-state index contributed by atoms with van der Waals surface area (Å²) in [6, 6.07) is 10.9. The van der Waals surface area contributed by atoms with Crippen LogP contribution in [0.2, 0.25) is 0 Å². The monoisotopic (exact) mass is 313 g/mol. The standard InChI is InChI=1S/C17H19N3O3/c1-12-15-3-2-8-19(15)9-10-20(12)17(22)13-4-6-14(7-5-13)23-11-16(18)21/h2-8,12H,9-11H2,1H3,(H2,18,21)/t12-/m0/s1. The Morgan fingerprint density at radius 1 is 1.22 bits per heavy atom. The van der Waals surface area contributed by atoms with Gasteiger partial charge in [0.2, 0.25) is 0 Å². The van der Waals surface area contributed by atoms with Crippen molar-refractivity contribution in [3.8, 4) is 5.75 Å². The van der Waals surface area contributed by atoms with E-state index in [1.165, 1.54) is 0 Å². The largest absolute Gasteiger partial charge is 0.484 e. The Labute approximate surface area is 134 Å². The summed E-state index contributed by atoms with van der Waals surface area (Å²) in [6.07, 6.45) is 2.04. The van der Waals surface area contributed by atoms with Crippen molar-refractivity contribution in [3.63, 3.8) is 0 Å². The Morgan fingerprint density at radius 2 is 1.96 bits per heavy atom. The molecule has 0 unspecified atom stereocenters. The molecule has 0 spiro atoms. The highest BCUT2D eigenvalue weighted by Gasteiger charge is 2.27. The number of aromatic nitrogens is 1. The first-order valence-electron chi connectivity index (χ1n) is 7.53. The molecule has 6 nitrogen and oxygen atoms in total. The fraction of sp³-hybridized carbons (Fsp3) is 0.294. The third-order valence-corrected chi connectivity index (χ3v) is 4.09. The predicted octanol–water partition coefficient (Wildman–Crippen LogP) is 1.57. The summed E-state index contributed by atoms with van der Waals surface area (Å²) < 4.78 is 7.38. The Morgan fingerprint density at radius 3 is 2.65 bits per heavy atom. The number of primary amides is 1. The van der Waals surface area contributed by atoms with E-state index in [2.05, 4.69) is 4.57 Å². The van der Waals surface area contributed by atoms with Crippen molar-refractivity contribution in [1.82, 2.24) is 9.47 Å². The van der Waals surface area contributed by atoms with E-state index in [9.17, 15) is 9.59 Å². The van der Waals surface area contributed by atoms with Crippen LogP contribution in [0.15, 0.2) is 42.6 Å². The lowest BCUT2D eigenvalue weighted by Gasteiger charge is -2.35. The molecule has 0 saturated carbocycles. The maximum atomic E-state index is 12.7. The van der Waals surface area contributed by atoms with Gasteiger partial charge in [0, 0.05) is 30.5 Å². The Hall–Kier alpha value is -2.76. The number of fused-ring (bicyclic) bond motifs is 1. The van der Waals surface area contributed by atoms with E-state index < -0.39 is 5.91 Å². The minimum Gasteiger partial charge on any atom is -0.484 e. The van der Waals surface area contributed by atoms with Crippen LogP contribution in [-0.4, -0.2) is 34.4 Å². The molecule has 1 atom stereocenters. The second kappa shape index (κ2) is 6.16. The number of nitrogens with zero attached hydrogens (tertiary/aromatic N) is 2. The van der Waals surface area contributed by atoms with Crippen LogP contribution >= 0.6 is 0 Å². The fourth-order valence-corrected chi connectivity index (χ4v) is 2.87. The lowest BCUT2D eigenvalue weighted by Crippen LogP contribution is -2.40. The molecule has 2 N–H and O–H groups in total. The maximum absolute atomic E-state index is 12.7. The van der Waals surface area contributed by atoms with E-state index in [4.69, 9.17) is 10.5 Å². The average molecular weight is 313 g/mol. The Bertz CT molecular complexity index is 721. The van der Waals surface area contributed by atoms with Crippen molar-refractivity contribution in [2.24, 2.45) is 5.73 Å². The minimum absolute atomic E-state index is 0.00796. The number of carbonyl (C=O) groups is 2. The summed E-state index contributed by atoms with van der Waals surface area (Å²) in [5.41, 5.74) is 6.78. The van der Waals surface area contributed by atoms with Gasteiger partial charge in [-0.3, -0.25) is 9.59 Å². The number of nitrogens with two attached hydrogens (primary N) is 1. The SMILES string of the molecule is C[C@H]1c2cccn2CCN1C(=O)c1ccc(OCC(N)=O)cc1.